The van der Waals surface area contributed by atoms with E-state index in [9.17, 15) is 0 Å². The molecule has 0 aliphatic carbocycles. The van der Waals surface area contributed by atoms with E-state index >= 15 is 0 Å². The minimum atomic E-state index is 0.407. The molecule has 1 aromatic rings. The Morgan fingerprint density at radius 1 is 1.55 bits per heavy atom. The number of pyridine rings is 1. The first kappa shape index (κ1) is 7.74. The summed E-state index contributed by atoms with van der Waals surface area (Å²) in [6, 6.07) is 5.98. The van der Waals surface area contributed by atoms with Crippen molar-refractivity contribution in [2.75, 3.05) is 0 Å². The molecule has 2 heteroatoms. The smallest absolute Gasteiger partial charge is 0.0774 e. The molecule has 0 saturated heterocycles. The van der Waals surface area contributed by atoms with Gasteiger partial charge in [0.05, 0.1) is 18.2 Å². The monoisotopic (exact) mass is 146 g/mol. The number of aromatic nitrogens is 1. The van der Waals surface area contributed by atoms with E-state index in [-0.39, 0.29) is 0 Å². The van der Waals surface area contributed by atoms with Crippen molar-refractivity contribution in [1.29, 1.82) is 5.26 Å². The van der Waals surface area contributed by atoms with Crippen LogP contribution in [0.5, 0.6) is 0 Å². The SMILES string of the molecule is CCc1ccc(CC#N)nc1. The quantitative estimate of drug-likeness (QED) is 0.636. The van der Waals surface area contributed by atoms with Crippen LogP contribution in [0.1, 0.15) is 18.2 Å². The van der Waals surface area contributed by atoms with E-state index in [2.05, 4.69) is 18.0 Å². The summed E-state index contributed by atoms with van der Waals surface area (Å²) in [5.41, 5.74) is 2.07. The average Bonchev–Trinajstić information content (AvgIpc) is 2.07. The molecule has 2 nitrogen and oxygen atoms in total. The molecule has 0 N–H and O–H groups in total. The van der Waals surface area contributed by atoms with Gasteiger partial charge in [-0.3, -0.25) is 4.98 Å². The zero-order chi connectivity index (χ0) is 8.10. The number of nitrogens with zero attached hydrogens (tertiary/aromatic N) is 2. The van der Waals surface area contributed by atoms with Gasteiger partial charge in [-0.2, -0.15) is 5.26 Å². The van der Waals surface area contributed by atoms with E-state index in [0.29, 0.717) is 6.42 Å². The molecular formula is C9H10N2. The molecule has 1 rings (SSSR count). The van der Waals surface area contributed by atoms with Crippen molar-refractivity contribution in [1.82, 2.24) is 4.98 Å². The summed E-state index contributed by atoms with van der Waals surface area (Å²) >= 11 is 0. The Morgan fingerprint density at radius 2 is 2.36 bits per heavy atom. The van der Waals surface area contributed by atoms with E-state index in [1.54, 1.807) is 0 Å². The van der Waals surface area contributed by atoms with Gasteiger partial charge in [-0.25, -0.2) is 0 Å². The fourth-order valence-corrected chi connectivity index (χ4v) is 0.850. The van der Waals surface area contributed by atoms with Crippen molar-refractivity contribution < 1.29 is 0 Å². The highest BCUT2D eigenvalue weighted by Crippen LogP contribution is 2.00. The first-order chi connectivity index (χ1) is 5.36. The molecule has 0 aliphatic rings. The van der Waals surface area contributed by atoms with Gasteiger partial charge < -0.3 is 0 Å². The zero-order valence-electron chi connectivity index (χ0n) is 6.54. The lowest BCUT2D eigenvalue weighted by Gasteiger charge is -1.95. The molecule has 0 fully saturated rings. The molecule has 0 radical (unpaired) electrons. The van der Waals surface area contributed by atoms with Crippen molar-refractivity contribution in [2.45, 2.75) is 19.8 Å². The second-order valence-corrected chi connectivity index (χ2v) is 2.35. The van der Waals surface area contributed by atoms with Gasteiger partial charge in [0.1, 0.15) is 0 Å². The highest BCUT2D eigenvalue weighted by Gasteiger charge is 1.92. The van der Waals surface area contributed by atoms with E-state index in [4.69, 9.17) is 5.26 Å². The molecule has 0 aliphatic heterocycles. The summed E-state index contributed by atoms with van der Waals surface area (Å²) in [5.74, 6) is 0. The summed E-state index contributed by atoms with van der Waals surface area (Å²) in [6.45, 7) is 2.08. The van der Waals surface area contributed by atoms with Gasteiger partial charge in [-0.1, -0.05) is 13.0 Å². The lowest BCUT2D eigenvalue weighted by Crippen LogP contribution is -1.88. The largest absolute Gasteiger partial charge is 0.260 e. The summed E-state index contributed by atoms with van der Waals surface area (Å²) in [5, 5.41) is 8.36. The number of rotatable bonds is 2. The molecule has 56 valence electrons. The Balaban J connectivity index is 2.76. The van der Waals surface area contributed by atoms with Crippen molar-refractivity contribution in [2.24, 2.45) is 0 Å². The van der Waals surface area contributed by atoms with Crippen molar-refractivity contribution in [3.05, 3.63) is 29.6 Å². The van der Waals surface area contributed by atoms with Crippen LogP contribution in [0.4, 0.5) is 0 Å². The van der Waals surface area contributed by atoms with Crippen molar-refractivity contribution >= 4 is 0 Å². The highest BCUT2D eigenvalue weighted by atomic mass is 14.7. The van der Waals surface area contributed by atoms with Gasteiger partial charge in [0, 0.05) is 6.20 Å². The molecule has 0 aromatic carbocycles. The molecule has 0 atom stereocenters. The van der Waals surface area contributed by atoms with Crippen LogP contribution in [0, 0.1) is 11.3 Å². The summed E-state index contributed by atoms with van der Waals surface area (Å²) in [4.78, 5) is 4.12. The molecule has 0 unspecified atom stereocenters. The number of hydrogen-bond acceptors (Lipinski definition) is 2. The topological polar surface area (TPSA) is 36.7 Å². The molecule has 0 amide bonds. The molecule has 0 saturated carbocycles. The lowest BCUT2D eigenvalue weighted by atomic mass is 10.2. The molecule has 11 heavy (non-hydrogen) atoms. The number of hydrogen-bond donors (Lipinski definition) is 0. The molecule has 0 spiro atoms. The van der Waals surface area contributed by atoms with Crippen LogP contribution in [-0.2, 0) is 12.8 Å². The van der Waals surface area contributed by atoms with E-state index < -0.39 is 0 Å². The maximum atomic E-state index is 8.36. The zero-order valence-corrected chi connectivity index (χ0v) is 6.54. The van der Waals surface area contributed by atoms with E-state index in [1.807, 2.05) is 18.3 Å². The van der Waals surface area contributed by atoms with Crippen LogP contribution < -0.4 is 0 Å². The molecule has 0 bridgehead atoms. The normalized spacial score (nSPS) is 9.09. The van der Waals surface area contributed by atoms with Crippen molar-refractivity contribution in [3.63, 3.8) is 0 Å². The standard InChI is InChI=1S/C9H10N2/c1-2-8-3-4-9(5-6-10)11-7-8/h3-4,7H,2,5H2,1H3. The van der Waals surface area contributed by atoms with Crippen LogP contribution in [0.3, 0.4) is 0 Å². The van der Waals surface area contributed by atoms with Gasteiger partial charge in [-0.15, -0.1) is 0 Å². The Hall–Kier alpha value is -1.36. The maximum Gasteiger partial charge on any atom is 0.0774 e. The summed E-state index contributed by atoms with van der Waals surface area (Å²) < 4.78 is 0. The molecule has 1 aromatic heterocycles. The lowest BCUT2D eigenvalue weighted by molar-refractivity contribution is 1.05. The third kappa shape index (κ3) is 2.05. The van der Waals surface area contributed by atoms with Crippen LogP contribution in [0.25, 0.3) is 0 Å². The Morgan fingerprint density at radius 3 is 2.82 bits per heavy atom. The minimum absolute atomic E-state index is 0.407. The van der Waals surface area contributed by atoms with Crippen LogP contribution in [-0.4, -0.2) is 4.98 Å². The summed E-state index contributed by atoms with van der Waals surface area (Å²) in [6.07, 6.45) is 3.23. The van der Waals surface area contributed by atoms with Gasteiger partial charge in [0.15, 0.2) is 0 Å². The fourth-order valence-electron chi connectivity index (χ4n) is 0.850. The first-order valence-corrected chi connectivity index (χ1v) is 3.67. The van der Waals surface area contributed by atoms with E-state index in [0.717, 1.165) is 12.1 Å². The van der Waals surface area contributed by atoms with Gasteiger partial charge in [0.2, 0.25) is 0 Å². The molecular weight excluding hydrogens is 136 g/mol. The van der Waals surface area contributed by atoms with Crippen molar-refractivity contribution in [3.8, 4) is 6.07 Å². The third-order valence-corrected chi connectivity index (χ3v) is 1.55. The van der Waals surface area contributed by atoms with Gasteiger partial charge >= 0.3 is 0 Å². The molecule has 1 heterocycles. The second-order valence-electron chi connectivity index (χ2n) is 2.35. The Bertz CT molecular complexity index is 256. The highest BCUT2D eigenvalue weighted by molar-refractivity contribution is 5.15. The minimum Gasteiger partial charge on any atom is -0.260 e. The Labute approximate surface area is 66.5 Å². The maximum absolute atomic E-state index is 8.36. The third-order valence-electron chi connectivity index (χ3n) is 1.55. The average molecular weight is 146 g/mol. The van der Waals surface area contributed by atoms with Crippen LogP contribution in [0.15, 0.2) is 18.3 Å². The first-order valence-electron chi connectivity index (χ1n) is 3.67. The van der Waals surface area contributed by atoms with Crippen LogP contribution in [0.2, 0.25) is 0 Å². The Kier molecular flexibility index (Phi) is 2.62. The van der Waals surface area contributed by atoms with Gasteiger partial charge in [0.25, 0.3) is 0 Å². The fraction of sp³-hybridized carbons (Fsp3) is 0.333. The van der Waals surface area contributed by atoms with E-state index in [1.165, 1.54) is 5.56 Å². The van der Waals surface area contributed by atoms with Gasteiger partial charge in [-0.05, 0) is 18.1 Å². The number of nitriles is 1. The number of aryl methyl sites for hydroxylation is 1. The predicted octanol–water partition coefficient (Wildman–Crippen LogP) is 1.71. The predicted molar refractivity (Wildman–Crippen MR) is 42.9 cm³/mol. The summed E-state index contributed by atoms with van der Waals surface area (Å²) in [7, 11) is 0. The van der Waals surface area contributed by atoms with Crippen LogP contribution >= 0.6 is 0 Å². The second kappa shape index (κ2) is 3.72.